The Morgan fingerprint density at radius 2 is 2.21 bits per heavy atom. The molecule has 0 saturated heterocycles. The molecule has 0 aliphatic carbocycles. The fraction of sp³-hybridized carbons (Fsp3) is 0.455. The molecule has 1 aromatic rings. The number of halogens is 1. The van der Waals surface area contributed by atoms with Gasteiger partial charge in [0.1, 0.15) is 0 Å². The standard InChI is InChI=1S/C11H16FNO/c1-13-8-4-6-9-5-3-7-10(14-2)11(9)12/h3,5,7,13H,4,6,8H2,1-2H3. The Morgan fingerprint density at radius 1 is 1.43 bits per heavy atom. The Bertz CT molecular complexity index is 289. The van der Waals surface area contributed by atoms with Crippen LogP contribution in [0.1, 0.15) is 12.0 Å². The molecule has 0 radical (unpaired) electrons. The first-order valence-electron chi connectivity index (χ1n) is 4.75. The van der Waals surface area contributed by atoms with Crippen LogP contribution in [0.2, 0.25) is 0 Å². The van der Waals surface area contributed by atoms with E-state index < -0.39 is 0 Å². The smallest absolute Gasteiger partial charge is 0.168 e. The highest BCUT2D eigenvalue weighted by Gasteiger charge is 2.06. The number of hydrogen-bond donors (Lipinski definition) is 1. The Balaban J connectivity index is 2.66. The summed E-state index contributed by atoms with van der Waals surface area (Å²) in [4.78, 5) is 0. The van der Waals surface area contributed by atoms with E-state index in [1.54, 1.807) is 12.1 Å². The van der Waals surface area contributed by atoms with Gasteiger partial charge in [0.05, 0.1) is 7.11 Å². The molecule has 78 valence electrons. The summed E-state index contributed by atoms with van der Waals surface area (Å²) in [5.41, 5.74) is 0.722. The maximum atomic E-state index is 13.6. The molecule has 1 rings (SSSR count). The van der Waals surface area contributed by atoms with Crippen LogP contribution in [0, 0.1) is 5.82 Å². The number of nitrogens with one attached hydrogen (secondary N) is 1. The molecule has 0 amide bonds. The van der Waals surface area contributed by atoms with Gasteiger partial charge in [-0.2, -0.15) is 0 Å². The van der Waals surface area contributed by atoms with Gasteiger partial charge in [-0.25, -0.2) is 4.39 Å². The fourth-order valence-corrected chi connectivity index (χ4v) is 1.36. The zero-order chi connectivity index (χ0) is 10.4. The van der Waals surface area contributed by atoms with E-state index in [2.05, 4.69) is 5.32 Å². The van der Waals surface area contributed by atoms with Crippen molar-refractivity contribution >= 4 is 0 Å². The summed E-state index contributed by atoms with van der Waals surface area (Å²) in [5, 5.41) is 3.03. The van der Waals surface area contributed by atoms with E-state index in [0.29, 0.717) is 5.75 Å². The van der Waals surface area contributed by atoms with Gasteiger partial charge >= 0.3 is 0 Å². The van der Waals surface area contributed by atoms with E-state index in [0.717, 1.165) is 24.9 Å². The Morgan fingerprint density at radius 3 is 2.86 bits per heavy atom. The zero-order valence-electron chi connectivity index (χ0n) is 8.64. The minimum absolute atomic E-state index is 0.230. The molecule has 0 aliphatic heterocycles. The summed E-state index contributed by atoms with van der Waals surface area (Å²) in [6.07, 6.45) is 1.67. The van der Waals surface area contributed by atoms with Gasteiger partial charge in [-0.15, -0.1) is 0 Å². The van der Waals surface area contributed by atoms with Crippen molar-refractivity contribution in [1.82, 2.24) is 5.32 Å². The number of benzene rings is 1. The predicted octanol–water partition coefficient (Wildman–Crippen LogP) is 1.99. The Kier molecular flexibility index (Phi) is 4.40. The molecule has 0 unspecified atom stereocenters. The second kappa shape index (κ2) is 5.60. The quantitative estimate of drug-likeness (QED) is 0.729. The molecule has 1 N–H and O–H groups in total. The normalized spacial score (nSPS) is 10.2. The third-order valence-electron chi connectivity index (χ3n) is 2.14. The topological polar surface area (TPSA) is 21.3 Å². The summed E-state index contributed by atoms with van der Waals surface area (Å²) in [6.45, 7) is 0.899. The maximum absolute atomic E-state index is 13.6. The number of aryl methyl sites for hydroxylation is 1. The zero-order valence-corrected chi connectivity index (χ0v) is 8.64. The molecule has 2 nitrogen and oxygen atoms in total. The van der Waals surface area contributed by atoms with Gasteiger partial charge in [0.25, 0.3) is 0 Å². The number of methoxy groups -OCH3 is 1. The molecule has 0 spiro atoms. The van der Waals surface area contributed by atoms with Crippen molar-refractivity contribution in [1.29, 1.82) is 0 Å². The van der Waals surface area contributed by atoms with Crippen LogP contribution in [0.5, 0.6) is 5.75 Å². The second-order valence-electron chi connectivity index (χ2n) is 3.14. The fourth-order valence-electron chi connectivity index (χ4n) is 1.36. The van der Waals surface area contributed by atoms with Crippen LogP contribution in [-0.2, 0) is 6.42 Å². The van der Waals surface area contributed by atoms with E-state index >= 15 is 0 Å². The molecular formula is C11H16FNO. The van der Waals surface area contributed by atoms with Crippen LogP contribution in [-0.4, -0.2) is 20.7 Å². The van der Waals surface area contributed by atoms with Crippen molar-refractivity contribution in [2.24, 2.45) is 0 Å². The first kappa shape index (κ1) is 11.0. The van der Waals surface area contributed by atoms with Gasteiger partial charge in [-0.05, 0) is 38.1 Å². The van der Waals surface area contributed by atoms with E-state index in [-0.39, 0.29) is 5.82 Å². The van der Waals surface area contributed by atoms with Crippen molar-refractivity contribution in [3.05, 3.63) is 29.6 Å². The van der Waals surface area contributed by atoms with Crippen molar-refractivity contribution in [3.63, 3.8) is 0 Å². The Hall–Kier alpha value is -1.09. The van der Waals surface area contributed by atoms with Crippen molar-refractivity contribution in [2.75, 3.05) is 20.7 Å². The molecule has 14 heavy (non-hydrogen) atoms. The SMILES string of the molecule is CNCCCc1cccc(OC)c1F. The number of rotatable bonds is 5. The van der Waals surface area contributed by atoms with Gasteiger partial charge in [-0.3, -0.25) is 0 Å². The maximum Gasteiger partial charge on any atom is 0.168 e. The average Bonchev–Trinajstić information content (AvgIpc) is 2.21. The largest absolute Gasteiger partial charge is 0.494 e. The van der Waals surface area contributed by atoms with Gasteiger partial charge in [0.2, 0.25) is 0 Å². The summed E-state index contributed by atoms with van der Waals surface area (Å²) in [6, 6.07) is 5.25. The van der Waals surface area contributed by atoms with Gasteiger partial charge in [0, 0.05) is 0 Å². The third kappa shape index (κ3) is 2.70. The summed E-state index contributed by atoms with van der Waals surface area (Å²) in [7, 11) is 3.37. The summed E-state index contributed by atoms with van der Waals surface area (Å²) in [5.74, 6) is 0.0954. The van der Waals surface area contributed by atoms with Crippen molar-refractivity contribution in [3.8, 4) is 5.75 Å². The predicted molar refractivity (Wildman–Crippen MR) is 55.2 cm³/mol. The third-order valence-corrected chi connectivity index (χ3v) is 2.14. The number of ether oxygens (including phenoxy) is 1. The highest BCUT2D eigenvalue weighted by molar-refractivity contribution is 5.31. The lowest BCUT2D eigenvalue weighted by Gasteiger charge is -2.06. The molecule has 0 heterocycles. The van der Waals surface area contributed by atoms with Crippen LogP contribution < -0.4 is 10.1 Å². The first-order valence-corrected chi connectivity index (χ1v) is 4.75. The monoisotopic (exact) mass is 197 g/mol. The Labute approximate surface area is 84.1 Å². The highest BCUT2D eigenvalue weighted by atomic mass is 19.1. The van der Waals surface area contributed by atoms with Crippen LogP contribution in [0.4, 0.5) is 4.39 Å². The van der Waals surface area contributed by atoms with Gasteiger partial charge in [0.15, 0.2) is 11.6 Å². The molecule has 0 fully saturated rings. The second-order valence-corrected chi connectivity index (χ2v) is 3.14. The molecule has 1 aromatic carbocycles. The molecule has 0 bridgehead atoms. The lowest BCUT2D eigenvalue weighted by Crippen LogP contribution is -2.09. The minimum Gasteiger partial charge on any atom is -0.494 e. The van der Waals surface area contributed by atoms with Crippen LogP contribution in [0.15, 0.2) is 18.2 Å². The molecule has 0 aliphatic rings. The van der Waals surface area contributed by atoms with Crippen LogP contribution in [0.25, 0.3) is 0 Å². The summed E-state index contributed by atoms with van der Waals surface area (Å²) < 4.78 is 18.5. The van der Waals surface area contributed by atoms with E-state index in [9.17, 15) is 4.39 Å². The van der Waals surface area contributed by atoms with E-state index in [1.807, 2.05) is 13.1 Å². The van der Waals surface area contributed by atoms with Crippen molar-refractivity contribution in [2.45, 2.75) is 12.8 Å². The van der Waals surface area contributed by atoms with Crippen molar-refractivity contribution < 1.29 is 9.13 Å². The molecular weight excluding hydrogens is 181 g/mol. The highest BCUT2D eigenvalue weighted by Crippen LogP contribution is 2.20. The molecule has 0 aromatic heterocycles. The van der Waals surface area contributed by atoms with Crippen LogP contribution in [0.3, 0.4) is 0 Å². The minimum atomic E-state index is -0.230. The van der Waals surface area contributed by atoms with Crippen LogP contribution >= 0.6 is 0 Å². The summed E-state index contributed by atoms with van der Waals surface area (Å²) >= 11 is 0. The number of hydrogen-bond acceptors (Lipinski definition) is 2. The van der Waals surface area contributed by atoms with Gasteiger partial charge < -0.3 is 10.1 Å². The van der Waals surface area contributed by atoms with Gasteiger partial charge in [-0.1, -0.05) is 12.1 Å². The molecule has 0 atom stereocenters. The lowest BCUT2D eigenvalue weighted by molar-refractivity contribution is 0.384. The lowest BCUT2D eigenvalue weighted by atomic mass is 10.1. The molecule has 0 saturated carbocycles. The molecule has 3 heteroatoms. The van der Waals surface area contributed by atoms with E-state index in [1.165, 1.54) is 7.11 Å². The first-order chi connectivity index (χ1) is 6.79. The van der Waals surface area contributed by atoms with E-state index in [4.69, 9.17) is 4.74 Å². The average molecular weight is 197 g/mol.